The zero-order chi connectivity index (χ0) is 11.4. The van der Waals surface area contributed by atoms with Crippen LogP contribution in [0.2, 0.25) is 0 Å². The van der Waals surface area contributed by atoms with Crippen LogP contribution in [-0.2, 0) is 4.79 Å². The largest absolute Gasteiger partial charge is 0.381 e. The predicted octanol–water partition coefficient (Wildman–Crippen LogP) is 1.77. The fourth-order valence-electron chi connectivity index (χ4n) is 0.463. The van der Waals surface area contributed by atoms with Crippen LogP contribution in [-0.4, -0.2) is 17.0 Å². The summed E-state index contributed by atoms with van der Waals surface area (Å²) in [6.07, 6.45) is 1.13. The summed E-state index contributed by atoms with van der Waals surface area (Å²) in [6, 6.07) is 0. The van der Waals surface area contributed by atoms with Crippen LogP contribution in [0.25, 0.3) is 0 Å². The molecular weight excluding hydrogens is 176 g/mol. The van der Waals surface area contributed by atoms with Crippen molar-refractivity contribution < 1.29 is 9.90 Å². The molecule has 1 N–H and O–H groups in total. The smallest absolute Gasteiger partial charge is 0.202 e. The zero-order valence-electron chi connectivity index (χ0n) is 9.35. The van der Waals surface area contributed by atoms with Crippen LogP contribution in [0.15, 0.2) is 0 Å². The number of aliphatic hydroxyl groups excluding tert-OH is 1. The lowest BCUT2D eigenvalue weighted by molar-refractivity contribution is -0.111. The molecule has 1 atom stereocenters. The van der Waals surface area contributed by atoms with Gasteiger partial charge in [0.1, 0.15) is 6.10 Å². The quantitative estimate of drug-likeness (QED) is 0.471. The first-order valence-electron chi connectivity index (χ1n) is 4.70. The van der Waals surface area contributed by atoms with Gasteiger partial charge in [-0.25, -0.2) is 0 Å². The summed E-state index contributed by atoms with van der Waals surface area (Å²) in [4.78, 5) is 10.0. The number of hydrogen-bond donors (Lipinski definition) is 1. The number of ketones is 1. The minimum atomic E-state index is -0.458. The average molecular weight is 194 g/mol. The number of aliphatic hydroxyl groups is 1. The molecule has 0 aliphatic carbocycles. The SMILES string of the molecule is CCC#CC(C)=O.CCC#CC(C)O. The van der Waals surface area contributed by atoms with Crippen LogP contribution in [0.3, 0.4) is 0 Å². The van der Waals surface area contributed by atoms with Gasteiger partial charge in [-0.05, 0) is 12.8 Å². The van der Waals surface area contributed by atoms with E-state index in [0.29, 0.717) is 0 Å². The Morgan fingerprint density at radius 1 is 1.29 bits per heavy atom. The Kier molecular flexibility index (Phi) is 12.8. The molecule has 0 amide bonds. The Hall–Kier alpha value is -1.25. The van der Waals surface area contributed by atoms with E-state index in [1.54, 1.807) is 6.92 Å². The first kappa shape index (κ1) is 15.2. The van der Waals surface area contributed by atoms with Gasteiger partial charge in [0.25, 0.3) is 0 Å². The second kappa shape index (κ2) is 11.8. The number of Topliss-reactive ketones (excluding diaryl/α,β-unsaturated/α-hetero) is 1. The van der Waals surface area contributed by atoms with E-state index in [1.165, 1.54) is 6.92 Å². The third-order valence-corrected chi connectivity index (χ3v) is 0.929. The van der Waals surface area contributed by atoms with E-state index >= 15 is 0 Å². The van der Waals surface area contributed by atoms with Gasteiger partial charge in [0.05, 0.1) is 0 Å². The molecule has 0 fully saturated rings. The highest BCUT2D eigenvalue weighted by Gasteiger charge is 1.78. The molecule has 0 aliphatic heterocycles. The van der Waals surface area contributed by atoms with Crippen molar-refractivity contribution in [1.82, 2.24) is 0 Å². The van der Waals surface area contributed by atoms with Gasteiger partial charge in [-0.3, -0.25) is 4.79 Å². The molecule has 78 valence electrons. The topological polar surface area (TPSA) is 37.3 Å². The molecule has 0 radical (unpaired) electrons. The molecule has 0 aromatic heterocycles. The van der Waals surface area contributed by atoms with Gasteiger partial charge in [0.15, 0.2) is 0 Å². The van der Waals surface area contributed by atoms with E-state index in [1.807, 2.05) is 13.8 Å². The molecule has 2 nitrogen and oxygen atoms in total. The minimum Gasteiger partial charge on any atom is -0.381 e. The van der Waals surface area contributed by atoms with Crippen LogP contribution < -0.4 is 0 Å². The van der Waals surface area contributed by atoms with E-state index in [4.69, 9.17) is 5.11 Å². The Morgan fingerprint density at radius 3 is 1.93 bits per heavy atom. The van der Waals surface area contributed by atoms with E-state index in [9.17, 15) is 4.79 Å². The van der Waals surface area contributed by atoms with Crippen molar-refractivity contribution in [3.63, 3.8) is 0 Å². The fourth-order valence-corrected chi connectivity index (χ4v) is 0.463. The molecule has 0 saturated carbocycles. The average Bonchev–Trinajstić information content (AvgIpc) is 2.12. The lowest BCUT2D eigenvalue weighted by Crippen LogP contribution is -1.91. The van der Waals surface area contributed by atoms with E-state index in [2.05, 4.69) is 23.7 Å². The van der Waals surface area contributed by atoms with Crippen molar-refractivity contribution in [2.75, 3.05) is 0 Å². The maximum atomic E-state index is 10.0. The van der Waals surface area contributed by atoms with Crippen LogP contribution in [0.1, 0.15) is 40.5 Å². The molecule has 0 aliphatic rings. The van der Waals surface area contributed by atoms with Crippen LogP contribution in [0.4, 0.5) is 0 Å². The van der Waals surface area contributed by atoms with Gasteiger partial charge < -0.3 is 5.11 Å². The number of carbonyl (C=O) groups is 1. The number of hydrogen-bond acceptors (Lipinski definition) is 2. The maximum absolute atomic E-state index is 10.0. The highest BCUT2D eigenvalue weighted by Crippen LogP contribution is 1.73. The minimum absolute atomic E-state index is 0.0538. The Morgan fingerprint density at radius 2 is 1.79 bits per heavy atom. The van der Waals surface area contributed by atoms with Crippen molar-refractivity contribution in [3.8, 4) is 23.7 Å². The van der Waals surface area contributed by atoms with Gasteiger partial charge in [0, 0.05) is 19.8 Å². The third kappa shape index (κ3) is 22.4. The molecule has 0 aromatic rings. The van der Waals surface area contributed by atoms with Gasteiger partial charge >= 0.3 is 0 Å². The van der Waals surface area contributed by atoms with Gasteiger partial charge in [-0.15, -0.1) is 5.92 Å². The molecular formula is C12H18O2. The number of carbonyl (C=O) groups excluding carboxylic acids is 1. The lowest BCUT2D eigenvalue weighted by atomic mass is 10.4. The van der Waals surface area contributed by atoms with Gasteiger partial charge in [-0.1, -0.05) is 25.7 Å². The first-order valence-corrected chi connectivity index (χ1v) is 4.70. The van der Waals surface area contributed by atoms with Crippen LogP contribution >= 0.6 is 0 Å². The van der Waals surface area contributed by atoms with Gasteiger partial charge in [0.2, 0.25) is 5.78 Å². The molecule has 1 unspecified atom stereocenters. The molecule has 0 spiro atoms. The van der Waals surface area contributed by atoms with E-state index in [0.717, 1.165) is 12.8 Å². The third-order valence-electron chi connectivity index (χ3n) is 0.929. The standard InChI is InChI=1S/C6H10O.C6H8O/c2*1-3-4-5-6(2)7/h6-7H,3H2,1-2H3;3H2,1-2H3. The van der Waals surface area contributed by atoms with E-state index < -0.39 is 6.10 Å². The van der Waals surface area contributed by atoms with Crippen LogP contribution in [0.5, 0.6) is 0 Å². The maximum Gasteiger partial charge on any atom is 0.202 e. The summed E-state index contributed by atoms with van der Waals surface area (Å²) < 4.78 is 0. The molecule has 0 aromatic carbocycles. The molecule has 2 heteroatoms. The Balaban J connectivity index is 0. The molecule has 14 heavy (non-hydrogen) atoms. The van der Waals surface area contributed by atoms with Crippen molar-refractivity contribution in [1.29, 1.82) is 0 Å². The highest BCUT2D eigenvalue weighted by atomic mass is 16.3. The van der Waals surface area contributed by atoms with Crippen molar-refractivity contribution in [3.05, 3.63) is 0 Å². The normalized spacial score (nSPS) is 9.21. The summed E-state index contributed by atoms with van der Waals surface area (Å²) in [6.45, 7) is 6.98. The van der Waals surface area contributed by atoms with Crippen molar-refractivity contribution in [2.24, 2.45) is 0 Å². The summed E-state index contributed by atoms with van der Waals surface area (Å²) >= 11 is 0. The van der Waals surface area contributed by atoms with Crippen molar-refractivity contribution in [2.45, 2.75) is 46.6 Å². The Bertz CT molecular complexity index is 256. The summed E-state index contributed by atoms with van der Waals surface area (Å²) in [7, 11) is 0. The number of rotatable bonds is 0. The van der Waals surface area contributed by atoms with Crippen molar-refractivity contribution >= 4 is 5.78 Å². The molecule has 0 bridgehead atoms. The summed E-state index contributed by atoms with van der Waals surface area (Å²) in [5, 5.41) is 8.51. The molecule has 0 heterocycles. The lowest BCUT2D eigenvalue weighted by Gasteiger charge is -1.83. The first-order chi connectivity index (χ1) is 6.54. The Labute approximate surface area is 86.7 Å². The highest BCUT2D eigenvalue weighted by molar-refractivity contribution is 5.93. The molecule has 0 saturated heterocycles. The van der Waals surface area contributed by atoms with E-state index in [-0.39, 0.29) is 5.78 Å². The summed E-state index contributed by atoms with van der Waals surface area (Å²) in [5.41, 5.74) is 0. The fraction of sp³-hybridized carbons (Fsp3) is 0.583. The second-order valence-electron chi connectivity index (χ2n) is 2.56. The molecule has 0 rings (SSSR count). The zero-order valence-corrected chi connectivity index (χ0v) is 9.35. The monoisotopic (exact) mass is 194 g/mol. The summed E-state index contributed by atoms with van der Waals surface area (Å²) in [5.74, 6) is 10.3. The van der Waals surface area contributed by atoms with Crippen LogP contribution in [0, 0.1) is 23.7 Å². The second-order valence-corrected chi connectivity index (χ2v) is 2.56. The van der Waals surface area contributed by atoms with Gasteiger partial charge in [-0.2, -0.15) is 0 Å². The predicted molar refractivity (Wildman–Crippen MR) is 58.5 cm³/mol.